The maximum absolute atomic E-state index is 11.6. The lowest BCUT2D eigenvalue weighted by molar-refractivity contribution is -0.116. The predicted octanol–water partition coefficient (Wildman–Crippen LogP) is 0.637. The molecule has 8 heteroatoms. The summed E-state index contributed by atoms with van der Waals surface area (Å²) in [6, 6.07) is 3.60. The number of hydrogen-bond acceptors (Lipinski definition) is 5. The molecule has 0 bridgehead atoms. The minimum absolute atomic E-state index is 0.0369. The zero-order chi connectivity index (χ0) is 15.1. The normalized spacial score (nSPS) is 10.0. The van der Waals surface area contributed by atoms with Gasteiger partial charge < -0.3 is 21.3 Å². The van der Waals surface area contributed by atoms with E-state index in [1.165, 1.54) is 30.0 Å². The van der Waals surface area contributed by atoms with Crippen LogP contribution in [-0.2, 0) is 9.59 Å². The highest BCUT2D eigenvalue weighted by atomic mass is 32.2. The molecule has 1 aromatic carbocycles. The van der Waals surface area contributed by atoms with E-state index in [2.05, 4.69) is 5.32 Å². The number of amides is 2. The second-order valence-electron chi connectivity index (χ2n) is 3.85. The van der Waals surface area contributed by atoms with Gasteiger partial charge >= 0.3 is 5.97 Å². The first-order valence-electron chi connectivity index (χ1n) is 5.62. The van der Waals surface area contributed by atoms with Gasteiger partial charge in [0.15, 0.2) is 0 Å². The average molecular weight is 298 g/mol. The Labute approximate surface area is 119 Å². The summed E-state index contributed by atoms with van der Waals surface area (Å²) in [4.78, 5) is 32.9. The number of primary amides is 1. The van der Waals surface area contributed by atoms with Crippen molar-refractivity contribution in [2.75, 3.05) is 16.8 Å². The zero-order valence-corrected chi connectivity index (χ0v) is 11.3. The Morgan fingerprint density at radius 1 is 1.30 bits per heavy atom. The highest BCUT2D eigenvalue weighted by Crippen LogP contribution is 2.24. The molecule has 1 aromatic rings. The first-order valence-corrected chi connectivity index (χ1v) is 6.78. The number of benzene rings is 1. The van der Waals surface area contributed by atoms with Crippen LogP contribution in [0.5, 0.6) is 5.75 Å². The van der Waals surface area contributed by atoms with Crippen molar-refractivity contribution in [3.8, 4) is 5.75 Å². The summed E-state index contributed by atoms with van der Waals surface area (Å²) in [6.07, 6.45) is 0.120. The van der Waals surface area contributed by atoms with Gasteiger partial charge in [-0.05, 0) is 18.2 Å². The third kappa shape index (κ3) is 5.19. The minimum Gasteiger partial charge on any atom is -0.506 e. The number of aromatic carboxylic acids is 1. The fourth-order valence-corrected chi connectivity index (χ4v) is 1.99. The predicted molar refractivity (Wildman–Crippen MR) is 74.8 cm³/mol. The van der Waals surface area contributed by atoms with Crippen molar-refractivity contribution >= 4 is 35.2 Å². The summed E-state index contributed by atoms with van der Waals surface area (Å²) < 4.78 is 0. The molecular weight excluding hydrogens is 284 g/mol. The Kier molecular flexibility index (Phi) is 5.85. The number of carboxylic acid groups (broad SMARTS) is 1. The molecule has 0 aliphatic rings. The van der Waals surface area contributed by atoms with Crippen molar-refractivity contribution in [2.45, 2.75) is 6.42 Å². The van der Waals surface area contributed by atoms with Gasteiger partial charge in [0.05, 0.1) is 17.0 Å². The summed E-state index contributed by atoms with van der Waals surface area (Å²) >= 11 is 1.22. The van der Waals surface area contributed by atoms with Crippen molar-refractivity contribution in [1.82, 2.24) is 0 Å². The smallest absolute Gasteiger partial charge is 0.335 e. The van der Waals surface area contributed by atoms with Crippen LogP contribution in [0.25, 0.3) is 0 Å². The van der Waals surface area contributed by atoms with Crippen LogP contribution in [0.4, 0.5) is 5.69 Å². The fraction of sp³-hybridized carbons (Fsp3) is 0.250. The summed E-state index contributed by atoms with van der Waals surface area (Å²) in [6.45, 7) is 0. The van der Waals surface area contributed by atoms with E-state index in [0.717, 1.165) is 0 Å². The molecule has 0 aliphatic carbocycles. The molecule has 0 aliphatic heterocycles. The minimum atomic E-state index is -1.16. The first kappa shape index (κ1) is 15.8. The molecule has 0 saturated heterocycles. The molecule has 2 amide bonds. The summed E-state index contributed by atoms with van der Waals surface area (Å²) in [5.41, 5.74) is 4.95. The summed E-state index contributed by atoms with van der Waals surface area (Å²) in [5, 5.41) is 20.8. The topological polar surface area (TPSA) is 130 Å². The lowest BCUT2D eigenvalue weighted by Gasteiger charge is -2.08. The number of rotatable bonds is 7. The maximum Gasteiger partial charge on any atom is 0.335 e. The number of anilines is 1. The highest BCUT2D eigenvalue weighted by molar-refractivity contribution is 7.99. The lowest BCUT2D eigenvalue weighted by Crippen LogP contribution is -2.16. The Balaban J connectivity index is 2.55. The molecule has 5 N–H and O–H groups in total. The molecule has 0 aromatic heterocycles. The number of phenolic OH excluding ortho intramolecular Hbond substituents is 1. The van der Waals surface area contributed by atoms with Gasteiger partial charge in [-0.1, -0.05) is 0 Å². The number of carbonyl (C=O) groups is 3. The Morgan fingerprint density at radius 2 is 2.00 bits per heavy atom. The van der Waals surface area contributed by atoms with Crippen LogP contribution in [0.2, 0.25) is 0 Å². The summed E-state index contributed by atoms with van der Waals surface area (Å²) in [5.74, 6) is -1.69. The molecule has 0 heterocycles. The standard InChI is InChI=1S/C12H14N2O5S/c13-10(16)6-20-4-3-11(17)14-8-5-7(12(18)19)1-2-9(8)15/h1-2,5,15H,3-4,6H2,(H2,13,16)(H,14,17)(H,18,19). The van der Waals surface area contributed by atoms with Gasteiger partial charge in [0.2, 0.25) is 11.8 Å². The van der Waals surface area contributed by atoms with Gasteiger partial charge in [0.1, 0.15) is 5.75 Å². The number of hydrogen-bond donors (Lipinski definition) is 4. The maximum atomic E-state index is 11.6. The van der Waals surface area contributed by atoms with Gasteiger partial charge in [-0.2, -0.15) is 11.8 Å². The molecule has 20 heavy (non-hydrogen) atoms. The van der Waals surface area contributed by atoms with E-state index in [9.17, 15) is 19.5 Å². The second-order valence-corrected chi connectivity index (χ2v) is 4.96. The van der Waals surface area contributed by atoms with Crippen LogP contribution < -0.4 is 11.1 Å². The van der Waals surface area contributed by atoms with E-state index in [1.54, 1.807) is 0 Å². The Bertz CT molecular complexity index is 533. The molecule has 0 saturated carbocycles. The first-order chi connectivity index (χ1) is 9.40. The fourth-order valence-electron chi connectivity index (χ4n) is 1.32. The van der Waals surface area contributed by atoms with Crippen LogP contribution in [0.3, 0.4) is 0 Å². The van der Waals surface area contributed by atoms with Crippen LogP contribution in [0.15, 0.2) is 18.2 Å². The number of phenols is 1. The number of carbonyl (C=O) groups excluding carboxylic acids is 2. The van der Waals surface area contributed by atoms with Crippen molar-refractivity contribution in [3.05, 3.63) is 23.8 Å². The van der Waals surface area contributed by atoms with Gasteiger partial charge in [-0.3, -0.25) is 9.59 Å². The quantitative estimate of drug-likeness (QED) is 0.431. The van der Waals surface area contributed by atoms with Crippen LogP contribution in [0.1, 0.15) is 16.8 Å². The number of carboxylic acids is 1. The van der Waals surface area contributed by atoms with E-state index in [4.69, 9.17) is 10.8 Å². The van der Waals surface area contributed by atoms with Crippen molar-refractivity contribution in [2.24, 2.45) is 5.73 Å². The molecule has 0 unspecified atom stereocenters. The highest BCUT2D eigenvalue weighted by Gasteiger charge is 2.10. The number of nitrogens with one attached hydrogen (secondary N) is 1. The van der Waals surface area contributed by atoms with Gasteiger partial charge in [0, 0.05) is 12.2 Å². The van der Waals surface area contributed by atoms with E-state index >= 15 is 0 Å². The number of nitrogens with two attached hydrogens (primary N) is 1. The summed E-state index contributed by atoms with van der Waals surface area (Å²) in [7, 11) is 0. The molecule has 0 atom stereocenters. The van der Waals surface area contributed by atoms with Gasteiger partial charge in [-0.15, -0.1) is 0 Å². The van der Waals surface area contributed by atoms with E-state index < -0.39 is 11.9 Å². The van der Waals surface area contributed by atoms with E-state index in [1.807, 2.05) is 0 Å². The van der Waals surface area contributed by atoms with Gasteiger partial charge in [-0.25, -0.2) is 4.79 Å². The van der Waals surface area contributed by atoms with Gasteiger partial charge in [0.25, 0.3) is 0 Å². The van der Waals surface area contributed by atoms with Crippen molar-refractivity contribution < 1.29 is 24.6 Å². The monoisotopic (exact) mass is 298 g/mol. The third-order valence-electron chi connectivity index (χ3n) is 2.24. The third-order valence-corrected chi connectivity index (χ3v) is 3.22. The molecule has 0 spiro atoms. The van der Waals surface area contributed by atoms with Crippen LogP contribution in [-0.4, -0.2) is 39.5 Å². The van der Waals surface area contributed by atoms with Crippen molar-refractivity contribution in [1.29, 1.82) is 0 Å². The molecule has 0 radical (unpaired) electrons. The number of thioether (sulfide) groups is 1. The Morgan fingerprint density at radius 3 is 2.60 bits per heavy atom. The molecule has 0 fully saturated rings. The SMILES string of the molecule is NC(=O)CSCCC(=O)Nc1cc(C(=O)O)ccc1O. The van der Waals surface area contributed by atoms with Crippen LogP contribution in [0, 0.1) is 0 Å². The van der Waals surface area contributed by atoms with E-state index in [0.29, 0.717) is 5.75 Å². The van der Waals surface area contributed by atoms with Crippen molar-refractivity contribution in [3.63, 3.8) is 0 Å². The Hall–Kier alpha value is -2.22. The molecule has 7 nitrogen and oxygen atoms in total. The lowest BCUT2D eigenvalue weighted by atomic mass is 10.2. The second kappa shape index (κ2) is 7.39. The van der Waals surface area contributed by atoms with Crippen LogP contribution >= 0.6 is 11.8 Å². The molecular formula is C12H14N2O5S. The zero-order valence-electron chi connectivity index (χ0n) is 10.5. The van der Waals surface area contributed by atoms with E-state index in [-0.39, 0.29) is 35.1 Å². The number of aromatic hydroxyl groups is 1. The largest absolute Gasteiger partial charge is 0.506 e. The molecule has 1 rings (SSSR count). The molecule has 108 valence electrons. The average Bonchev–Trinajstić information content (AvgIpc) is 2.37.